The van der Waals surface area contributed by atoms with Gasteiger partial charge in [0.15, 0.2) is 0 Å². The highest BCUT2D eigenvalue weighted by Gasteiger charge is 2.24. The van der Waals surface area contributed by atoms with Gasteiger partial charge in [-0.2, -0.15) is 0 Å². The first-order valence-electron chi connectivity index (χ1n) is 8.88. The number of anilines is 1. The molecule has 0 bridgehead atoms. The number of piperazine rings is 1. The Morgan fingerprint density at radius 1 is 1.16 bits per heavy atom. The fourth-order valence-corrected chi connectivity index (χ4v) is 3.51. The number of methoxy groups -OCH3 is 1. The zero-order valence-electron chi connectivity index (χ0n) is 15.6. The summed E-state index contributed by atoms with van der Waals surface area (Å²) in [6, 6.07) is 10.2. The van der Waals surface area contributed by atoms with Crippen molar-refractivity contribution in [2.24, 2.45) is 7.05 Å². The Bertz CT molecular complexity index is 741. The molecule has 0 radical (unpaired) electrons. The van der Waals surface area contributed by atoms with Crippen molar-refractivity contribution in [3.8, 4) is 5.75 Å². The first-order chi connectivity index (χ1) is 12.0. The minimum absolute atomic E-state index is 0.258. The number of carbonyl (C=O) groups excluding carboxylic acids is 1. The molecular formula is C20H28N3O2+. The third-order valence-electron chi connectivity index (χ3n) is 5.39. The number of ether oxygens (including phenoxy) is 1. The lowest BCUT2D eigenvalue weighted by Crippen LogP contribution is -3.15. The molecule has 2 heterocycles. The number of benzene rings is 1. The Morgan fingerprint density at radius 2 is 1.80 bits per heavy atom. The second-order valence-corrected chi connectivity index (χ2v) is 6.88. The summed E-state index contributed by atoms with van der Waals surface area (Å²) in [6.07, 6.45) is 0. The smallest absolute Gasteiger partial charge is 0.218 e. The van der Waals surface area contributed by atoms with E-state index in [1.54, 1.807) is 7.11 Å². The van der Waals surface area contributed by atoms with Crippen molar-refractivity contribution in [3.63, 3.8) is 0 Å². The summed E-state index contributed by atoms with van der Waals surface area (Å²) in [5, 5.41) is 0. The molecule has 1 fully saturated rings. The van der Waals surface area contributed by atoms with Crippen LogP contribution in [0.1, 0.15) is 21.7 Å². The highest BCUT2D eigenvalue weighted by Crippen LogP contribution is 2.19. The normalized spacial score (nSPS) is 15.4. The van der Waals surface area contributed by atoms with Crippen molar-refractivity contribution in [2.75, 3.05) is 44.7 Å². The van der Waals surface area contributed by atoms with E-state index in [1.165, 1.54) is 10.6 Å². The van der Waals surface area contributed by atoms with E-state index in [4.69, 9.17) is 4.74 Å². The van der Waals surface area contributed by atoms with Crippen LogP contribution in [-0.4, -0.2) is 50.2 Å². The van der Waals surface area contributed by atoms with Crippen molar-refractivity contribution in [2.45, 2.75) is 13.8 Å². The molecule has 25 heavy (non-hydrogen) atoms. The molecule has 2 aromatic rings. The van der Waals surface area contributed by atoms with Crippen molar-refractivity contribution in [3.05, 3.63) is 47.3 Å². The number of rotatable bonds is 5. The molecule has 1 aliphatic rings. The number of carbonyl (C=O) groups is 1. The minimum atomic E-state index is 0.258. The van der Waals surface area contributed by atoms with Crippen molar-refractivity contribution in [1.82, 2.24) is 4.57 Å². The van der Waals surface area contributed by atoms with Crippen LogP contribution in [0.15, 0.2) is 30.3 Å². The molecule has 3 rings (SSSR count). The Kier molecular flexibility index (Phi) is 5.13. The number of nitrogens with zero attached hydrogens (tertiary/aromatic N) is 2. The van der Waals surface area contributed by atoms with Crippen LogP contribution in [0.5, 0.6) is 5.75 Å². The molecule has 0 amide bonds. The van der Waals surface area contributed by atoms with E-state index in [9.17, 15) is 4.79 Å². The van der Waals surface area contributed by atoms with Gasteiger partial charge >= 0.3 is 0 Å². The molecule has 5 nitrogen and oxygen atoms in total. The average Bonchev–Trinajstić information content (AvgIpc) is 2.90. The molecule has 1 aromatic heterocycles. The first kappa shape index (κ1) is 17.5. The van der Waals surface area contributed by atoms with Gasteiger partial charge in [-0.05, 0) is 44.2 Å². The molecule has 134 valence electrons. The van der Waals surface area contributed by atoms with E-state index in [2.05, 4.69) is 21.6 Å². The maximum atomic E-state index is 12.7. The molecule has 1 aliphatic heterocycles. The number of quaternary nitrogens is 1. The van der Waals surface area contributed by atoms with E-state index < -0.39 is 0 Å². The summed E-state index contributed by atoms with van der Waals surface area (Å²) in [5.41, 5.74) is 4.31. The minimum Gasteiger partial charge on any atom is -0.497 e. The number of aryl methyl sites for hydroxylation is 1. The fraction of sp³-hybridized carbons (Fsp3) is 0.450. The molecule has 0 saturated carbocycles. The molecule has 0 unspecified atom stereocenters. The lowest BCUT2D eigenvalue weighted by atomic mass is 10.1. The Morgan fingerprint density at radius 3 is 2.32 bits per heavy atom. The van der Waals surface area contributed by atoms with Crippen LogP contribution in [0.2, 0.25) is 0 Å². The zero-order chi connectivity index (χ0) is 18.0. The van der Waals surface area contributed by atoms with Crippen LogP contribution in [-0.2, 0) is 7.05 Å². The van der Waals surface area contributed by atoms with Crippen LogP contribution in [0.25, 0.3) is 0 Å². The molecule has 1 aromatic carbocycles. The van der Waals surface area contributed by atoms with Gasteiger partial charge in [-0.3, -0.25) is 4.79 Å². The van der Waals surface area contributed by atoms with Gasteiger partial charge in [0.1, 0.15) is 12.3 Å². The summed E-state index contributed by atoms with van der Waals surface area (Å²) in [7, 11) is 3.70. The second kappa shape index (κ2) is 7.31. The topological polar surface area (TPSA) is 38.9 Å². The highest BCUT2D eigenvalue weighted by atomic mass is 16.5. The molecule has 1 N–H and O–H groups in total. The number of Topliss-reactive ketones (excluding diaryl/α,β-unsaturated/α-hetero) is 1. The summed E-state index contributed by atoms with van der Waals surface area (Å²) in [5.74, 6) is 1.14. The number of nitrogens with one attached hydrogen (secondary N) is 1. The van der Waals surface area contributed by atoms with E-state index in [-0.39, 0.29) is 5.78 Å². The summed E-state index contributed by atoms with van der Waals surface area (Å²) >= 11 is 0. The lowest BCUT2D eigenvalue weighted by molar-refractivity contribution is -0.892. The van der Waals surface area contributed by atoms with Gasteiger partial charge in [0.25, 0.3) is 0 Å². The van der Waals surface area contributed by atoms with E-state index in [0.29, 0.717) is 6.54 Å². The van der Waals surface area contributed by atoms with Crippen molar-refractivity contribution in [1.29, 1.82) is 0 Å². The average molecular weight is 342 g/mol. The Hall–Kier alpha value is -2.27. The number of hydrogen-bond acceptors (Lipinski definition) is 3. The van der Waals surface area contributed by atoms with Crippen molar-refractivity contribution >= 4 is 11.5 Å². The molecular weight excluding hydrogens is 314 g/mol. The zero-order valence-corrected chi connectivity index (χ0v) is 15.6. The number of ketones is 1. The monoisotopic (exact) mass is 342 g/mol. The van der Waals surface area contributed by atoms with E-state index in [0.717, 1.165) is 48.9 Å². The van der Waals surface area contributed by atoms with Crippen LogP contribution < -0.4 is 14.5 Å². The lowest BCUT2D eigenvalue weighted by Gasteiger charge is -2.33. The van der Waals surface area contributed by atoms with Gasteiger partial charge < -0.3 is 19.1 Å². The molecule has 0 spiro atoms. The van der Waals surface area contributed by atoms with E-state index in [1.807, 2.05) is 39.1 Å². The highest BCUT2D eigenvalue weighted by molar-refractivity contribution is 5.98. The molecule has 1 saturated heterocycles. The number of aromatic nitrogens is 1. The molecule has 5 heteroatoms. The Balaban J connectivity index is 1.56. The predicted molar refractivity (Wildman–Crippen MR) is 100.0 cm³/mol. The maximum absolute atomic E-state index is 12.7. The third kappa shape index (κ3) is 3.71. The van der Waals surface area contributed by atoms with Crippen LogP contribution in [0.4, 0.5) is 5.69 Å². The van der Waals surface area contributed by atoms with Crippen LogP contribution >= 0.6 is 0 Å². The summed E-state index contributed by atoms with van der Waals surface area (Å²) in [4.78, 5) is 16.4. The Labute approximate surface area is 149 Å². The first-order valence-corrected chi connectivity index (χ1v) is 8.88. The standard InChI is InChI=1S/C20H27N3O2/c1-15-13-19(16(2)21(15)3)20(24)14-22-9-11-23(12-10-22)17-5-7-18(25-4)8-6-17/h5-8,13H,9-12,14H2,1-4H3/p+1. The number of hydrogen-bond donors (Lipinski definition) is 1. The third-order valence-corrected chi connectivity index (χ3v) is 5.39. The van der Waals surface area contributed by atoms with Gasteiger partial charge in [-0.25, -0.2) is 0 Å². The van der Waals surface area contributed by atoms with Gasteiger partial charge in [-0.15, -0.1) is 0 Å². The SMILES string of the molecule is COc1ccc(N2CC[NH+](CC(=O)c3cc(C)n(C)c3C)CC2)cc1. The molecule has 0 atom stereocenters. The second-order valence-electron chi connectivity index (χ2n) is 6.88. The molecule has 0 aliphatic carbocycles. The van der Waals surface area contributed by atoms with E-state index >= 15 is 0 Å². The van der Waals surface area contributed by atoms with Crippen LogP contribution in [0, 0.1) is 13.8 Å². The van der Waals surface area contributed by atoms with Gasteiger partial charge in [-0.1, -0.05) is 0 Å². The van der Waals surface area contributed by atoms with Gasteiger partial charge in [0, 0.05) is 29.7 Å². The summed E-state index contributed by atoms with van der Waals surface area (Å²) < 4.78 is 7.30. The van der Waals surface area contributed by atoms with Gasteiger partial charge in [0.05, 0.1) is 33.3 Å². The van der Waals surface area contributed by atoms with Gasteiger partial charge in [0.2, 0.25) is 5.78 Å². The van der Waals surface area contributed by atoms with Crippen LogP contribution in [0.3, 0.4) is 0 Å². The quantitative estimate of drug-likeness (QED) is 0.831. The van der Waals surface area contributed by atoms with Crippen molar-refractivity contribution < 1.29 is 14.4 Å². The summed E-state index contributed by atoms with van der Waals surface area (Å²) in [6.45, 7) is 8.58. The predicted octanol–water partition coefficient (Wildman–Crippen LogP) is 1.24. The largest absolute Gasteiger partial charge is 0.497 e. The fourth-order valence-electron chi connectivity index (χ4n) is 3.51. The maximum Gasteiger partial charge on any atom is 0.218 e.